The molecule has 0 radical (unpaired) electrons. The van der Waals surface area contributed by atoms with Gasteiger partial charge in [-0.05, 0) is 68.3 Å². The van der Waals surface area contributed by atoms with Gasteiger partial charge >= 0.3 is 6.09 Å². The predicted octanol–water partition coefficient (Wildman–Crippen LogP) is 4.84. The highest BCUT2D eigenvalue weighted by Crippen LogP contribution is 2.35. The van der Waals surface area contributed by atoms with Crippen LogP contribution in [-0.4, -0.2) is 42.0 Å². The molecule has 4 rings (SSSR count). The first-order valence-corrected chi connectivity index (χ1v) is 12.1. The Morgan fingerprint density at radius 3 is 2.38 bits per heavy atom. The molecule has 0 bridgehead atoms. The zero-order chi connectivity index (χ0) is 26.5. The van der Waals surface area contributed by atoms with E-state index >= 15 is 0 Å². The summed E-state index contributed by atoms with van der Waals surface area (Å²) in [4.78, 5) is 40.5. The Hall–Kier alpha value is -4.33. The molecule has 8 heteroatoms. The quantitative estimate of drug-likeness (QED) is 0.460. The monoisotopic (exact) mass is 501 g/mol. The second-order valence-electron chi connectivity index (χ2n) is 9.33. The van der Waals surface area contributed by atoms with Crippen molar-refractivity contribution in [2.45, 2.75) is 45.5 Å². The van der Waals surface area contributed by atoms with Gasteiger partial charge in [-0.1, -0.05) is 42.0 Å². The van der Waals surface area contributed by atoms with Crippen molar-refractivity contribution in [3.63, 3.8) is 0 Å². The standard InChI is InChI=1S/C29H31N3O5/c1-18(2)30-28(34)25-26(37-29(35)32(25)17-20-10-8-19(3)9-11-20)22-6-5-7-23(16-22)31-27(33)21-12-14-24(36-4)15-13-21/h5-16,18,25-26H,17H2,1-4H3,(H,30,34)(H,31,33)/t25-,26-/m0/s1. The average Bonchev–Trinajstić information content (AvgIpc) is 3.21. The van der Waals surface area contributed by atoms with Crippen molar-refractivity contribution in [2.75, 3.05) is 12.4 Å². The van der Waals surface area contributed by atoms with Crippen LogP contribution >= 0.6 is 0 Å². The summed E-state index contributed by atoms with van der Waals surface area (Å²) in [5.41, 5.74) is 3.60. The molecule has 0 aliphatic carbocycles. The van der Waals surface area contributed by atoms with E-state index < -0.39 is 18.2 Å². The maximum absolute atomic E-state index is 13.3. The third-order valence-electron chi connectivity index (χ3n) is 6.08. The van der Waals surface area contributed by atoms with Gasteiger partial charge in [-0.3, -0.25) is 14.5 Å². The number of aryl methyl sites for hydroxylation is 1. The van der Waals surface area contributed by atoms with Gasteiger partial charge in [-0.2, -0.15) is 0 Å². The molecule has 1 aliphatic rings. The number of hydrogen-bond donors (Lipinski definition) is 2. The molecule has 1 heterocycles. The summed E-state index contributed by atoms with van der Waals surface area (Å²) >= 11 is 0. The van der Waals surface area contributed by atoms with Gasteiger partial charge < -0.3 is 20.1 Å². The molecule has 2 N–H and O–H groups in total. The molecule has 1 aliphatic heterocycles. The molecule has 0 spiro atoms. The minimum Gasteiger partial charge on any atom is -0.497 e. The van der Waals surface area contributed by atoms with Crippen molar-refractivity contribution in [3.05, 3.63) is 95.1 Å². The highest BCUT2D eigenvalue weighted by molar-refractivity contribution is 6.04. The Morgan fingerprint density at radius 2 is 1.73 bits per heavy atom. The third-order valence-corrected chi connectivity index (χ3v) is 6.08. The van der Waals surface area contributed by atoms with Crippen LogP contribution in [0.5, 0.6) is 5.75 Å². The number of anilines is 1. The van der Waals surface area contributed by atoms with E-state index in [-0.39, 0.29) is 24.4 Å². The lowest BCUT2D eigenvalue weighted by Crippen LogP contribution is -2.48. The number of rotatable bonds is 8. The SMILES string of the molecule is COc1ccc(C(=O)Nc2cccc([C@@H]3OC(=O)N(Cc4ccc(C)cc4)[C@@H]3C(=O)NC(C)C)c2)cc1. The van der Waals surface area contributed by atoms with E-state index in [0.29, 0.717) is 22.6 Å². The predicted molar refractivity (Wildman–Crippen MR) is 140 cm³/mol. The van der Waals surface area contributed by atoms with Gasteiger partial charge in [0.25, 0.3) is 5.91 Å². The molecule has 2 atom stereocenters. The minimum atomic E-state index is -0.872. The largest absolute Gasteiger partial charge is 0.497 e. The van der Waals surface area contributed by atoms with E-state index in [1.807, 2.05) is 45.0 Å². The molecule has 1 saturated heterocycles. The van der Waals surface area contributed by atoms with Crippen molar-refractivity contribution in [1.82, 2.24) is 10.2 Å². The normalized spacial score (nSPS) is 16.9. The van der Waals surface area contributed by atoms with Crippen molar-refractivity contribution in [1.29, 1.82) is 0 Å². The summed E-state index contributed by atoms with van der Waals surface area (Å²) in [6.07, 6.45) is -1.41. The molecule has 37 heavy (non-hydrogen) atoms. The molecular formula is C29H31N3O5. The van der Waals surface area contributed by atoms with E-state index in [1.54, 1.807) is 55.6 Å². The van der Waals surface area contributed by atoms with Gasteiger partial charge in [-0.15, -0.1) is 0 Å². The van der Waals surface area contributed by atoms with Gasteiger partial charge in [0.05, 0.1) is 13.7 Å². The summed E-state index contributed by atoms with van der Waals surface area (Å²) in [7, 11) is 1.56. The Kier molecular flexibility index (Phi) is 7.77. The molecule has 0 unspecified atom stereocenters. The van der Waals surface area contributed by atoms with Crippen LogP contribution in [0.4, 0.5) is 10.5 Å². The maximum Gasteiger partial charge on any atom is 0.411 e. The molecule has 1 fully saturated rings. The highest BCUT2D eigenvalue weighted by Gasteiger charge is 2.47. The van der Waals surface area contributed by atoms with Crippen molar-refractivity contribution in [3.8, 4) is 5.75 Å². The van der Waals surface area contributed by atoms with E-state index in [4.69, 9.17) is 9.47 Å². The molecule has 8 nitrogen and oxygen atoms in total. The molecule has 0 aromatic heterocycles. The van der Waals surface area contributed by atoms with Crippen molar-refractivity contribution >= 4 is 23.6 Å². The van der Waals surface area contributed by atoms with Crippen molar-refractivity contribution < 1.29 is 23.9 Å². The molecule has 3 amide bonds. The van der Waals surface area contributed by atoms with E-state index in [1.165, 1.54) is 4.90 Å². The number of hydrogen-bond acceptors (Lipinski definition) is 5. The highest BCUT2D eigenvalue weighted by atomic mass is 16.6. The lowest BCUT2D eigenvalue weighted by molar-refractivity contribution is -0.126. The van der Waals surface area contributed by atoms with Gasteiger partial charge in [0.1, 0.15) is 5.75 Å². The summed E-state index contributed by atoms with van der Waals surface area (Å²) in [5.74, 6) is 0.0615. The van der Waals surface area contributed by atoms with Gasteiger partial charge in [0.2, 0.25) is 5.91 Å². The maximum atomic E-state index is 13.3. The number of benzene rings is 3. The fourth-order valence-electron chi connectivity index (χ4n) is 4.21. The molecular weight excluding hydrogens is 470 g/mol. The van der Waals surface area contributed by atoms with Crippen LogP contribution in [0.2, 0.25) is 0 Å². The number of carbonyl (C=O) groups is 3. The number of methoxy groups -OCH3 is 1. The molecule has 3 aromatic carbocycles. The Bertz CT molecular complexity index is 1270. The lowest BCUT2D eigenvalue weighted by atomic mass is 9.99. The third kappa shape index (κ3) is 6.09. The summed E-state index contributed by atoms with van der Waals surface area (Å²) in [6, 6.07) is 20.6. The number of amides is 3. The lowest BCUT2D eigenvalue weighted by Gasteiger charge is -2.25. The fourth-order valence-corrected chi connectivity index (χ4v) is 4.21. The summed E-state index contributed by atoms with van der Waals surface area (Å²) in [5, 5.41) is 5.78. The van der Waals surface area contributed by atoms with Crippen LogP contribution in [-0.2, 0) is 16.1 Å². The van der Waals surface area contributed by atoms with Gasteiger partial charge in [0.15, 0.2) is 12.1 Å². The zero-order valence-corrected chi connectivity index (χ0v) is 21.4. The first kappa shape index (κ1) is 25.8. The van der Waals surface area contributed by atoms with Crippen LogP contribution < -0.4 is 15.4 Å². The second kappa shape index (κ2) is 11.2. The summed E-state index contributed by atoms with van der Waals surface area (Å²) < 4.78 is 10.9. The molecule has 192 valence electrons. The smallest absolute Gasteiger partial charge is 0.411 e. The first-order valence-electron chi connectivity index (χ1n) is 12.1. The molecule has 0 saturated carbocycles. The van der Waals surface area contributed by atoms with E-state index in [9.17, 15) is 14.4 Å². The first-order chi connectivity index (χ1) is 17.7. The van der Waals surface area contributed by atoms with Crippen molar-refractivity contribution in [2.24, 2.45) is 0 Å². The number of carbonyl (C=O) groups excluding carboxylic acids is 3. The average molecular weight is 502 g/mol. The van der Waals surface area contributed by atoms with Gasteiger partial charge in [0, 0.05) is 17.3 Å². The Balaban J connectivity index is 1.58. The van der Waals surface area contributed by atoms with Crippen LogP contribution in [0, 0.1) is 6.92 Å². The number of cyclic esters (lactones) is 1. The van der Waals surface area contributed by atoms with Crippen LogP contribution in [0.1, 0.15) is 47.0 Å². The number of ether oxygens (including phenoxy) is 2. The topological polar surface area (TPSA) is 97.0 Å². The zero-order valence-electron chi connectivity index (χ0n) is 21.4. The van der Waals surface area contributed by atoms with Crippen LogP contribution in [0.15, 0.2) is 72.8 Å². The minimum absolute atomic E-state index is 0.111. The number of nitrogens with zero attached hydrogens (tertiary/aromatic N) is 1. The Morgan fingerprint density at radius 1 is 1.03 bits per heavy atom. The number of nitrogens with one attached hydrogen (secondary N) is 2. The fraction of sp³-hybridized carbons (Fsp3) is 0.276. The summed E-state index contributed by atoms with van der Waals surface area (Å²) in [6.45, 7) is 5.96. The Labute approximate surface area is 216 Å². The van der Waals surface area contributed by atoms with E-state index in [0.717, 1.165) is 11.1 Å². The van der Waals surface area contributed by atoms with E-state index in [2.05, 4.69) is 10.6 Å². The molecule has 3 aromatic rings. The van der Waals surface area contributed by atoms with Crippen LogP contribution in [0.3, 0.4) is 0 Å². The van der Waals surface area contributed by atoms with Gasteiger partial charge in [-0.25, -0.2) is 4.79 Å². The second-order valence-corrected chi connectivity index (χ2v) is 9.33. The van der Waals surface area contributed by atoms with Crippen LogP contribution in [0.25, 0.3) is 0 Å².